The molecule has 3 aromatic rings. The molecule has 0 spiro atoms. The highest BCUT2D eigenvalue weighted by Gasteiger charge is 2.33. The number of halogens is 3. The maximum atomic E-state index is 15.0. The van der Waals surface area contributed by atoms with Gasteiger partial charge in [0.25, 0.3) is 5.91 Å². The number of aliphatic hydroxyl groups excluding tert-OH is 1. The number of hydrogen-bond donors (Lipinski definition) is 4. The molecule has 2 aromatic heterocycles. The minimum atomic E-state index is -1.53. The molecule has 11 heteroatoms. The van der Waals surface area contributed by atoms with Gasteiger partial charge in [0.1, 0.15) is 28.8 Å². The lowest BCUT2D eigenvalue weighted by molar-refractivity contribution is 0.0778. The van der Waals surface area contributed by atoms with Crippen molar-refractivity contribution in [2.24, 2.45) is 11.7 Å². The van der Waals surface area contributed by atoms with E-state index in [1.54, 1.807) is 0 Å². The average molecular weight is 556 g/mol. The lowest BCUT2D eigenvalue weighted by Gasteiger charge is -2.38. The molecular weight excluding hydrogens is 523 g/mol. The molecule has 212 valence electrons. The highest BCUT2D eigenvalue weighted by Crippen LogP contribution is 2.42. The number of carbonyl (C=O) groups is 1. The number of fused-ring (bicyclic) bond motifs is 1. The van der Waals surface area contributed by atoms with Gasteiger partial charge >= 0.3 is 0 Å². The summed E-state index contributed by atoms with van der Waals surface area (Å²) in [6.07, 6.45) is 2.70. The van der Waals surface area contributed by atoms with Gasteiger partial charge in [-0.1, -0.05) is 6.92 Å². The van der Waals surface area contributed by atoms with E-state index in [9.17, 15) is 28.2 Å². The van der Waals surface area contributed by atoms with Gasteiger partial charge in [-0.05, 0) is 68.9 Å². The van der Waals surface area contributed by atoms with Gasteiger partial charge in [-0.25, -0.2) is 18.2 Å². The molecule has 5 N–H and O–H groups in total. The van der Waals surface area contributed by atoms with E-state index in [4.69, 9.17) is 5.73 Å². The van der Waals surface area contributed by atoms with Gasteiger partial charge in [-0.3, -0.25) is 9.78 Å². The Hall–Kier alpha value is -3.54. The second kappa shape index (κ2) is 10.5. The van der Waals surface area contributed by atoms with Crippen molar-refractivity contribution in [2.75, 3.05) is 23.3 Å². The first-order chi connectivity index (χ1) is 18.8. The summed E-state index contributed by atoms with van der Waals surface area (Å²) in [5, 5.41) is 23.3. The molecule has 1 aliphatic heterocycles. The van der Waals surface area contributed by atoms with Gasteiger partial charge in [0.2, 0.25) is 0 Å². The molecule has 0 saturated carbocycles. The fourth-order valence-electron chi connectivity index (χ4n) is 5.63. The van der Waals surface area contributed by atoms with E-state index in [0.717, 1.165) is 41.9 Å². The van der Waals surface area contributed by atoms with Crippen LogP contribution < -0.4 is 16.0 Å². The van der Waals surface area contributed by atoms with E-state index < -0.39 is 46.3 Å². The highest BCUT2D eigenvalue weighted by molar-refractivity contribution is 6.05. The van der Waals surface area contributed by atoms with Gasteiger partial charge < -0.3 is 26.2 Å². The Labute approximate surface area is 230 Å². The molecule has 1 saturated heterocycles. The Morgan fingerprint density at radius 3 is 2.50 bits per heavy atom. The molecule has 2 aliphatic rings. The van der Waals surface area contributed by atoms with E-state index in [2.05, 4.69) is 27.1 Å². The number of aromatic nitrogens is 2. The topological polar surface area (TPSA) is 125 Å². The third-order valence-corrected chi connectivity index (χ3v) is 7.49. The minimum absolute atomic E-state index is 0.0333. The first-order valence-electron chi connectivity index (χ1n) is 13.2. The van der Waals surface area contributed by atoms with Crippen LogP contribution in [-0.2, 0) is 12.0 Å². The summed E-state index contributed by atoms with van der Waals surface area (Å²) in [7, 11) is 0. The normalized spacial score (nSPS) is 20.9. The lowest BCUT2D eigenvalue weighted by Crippen LogP contribution is -2.47. The molecule has 0 bridgehead atoms. The Kier molecular flexibility index (Phi) is 7.32. The van der Waals surface area contributed by atoms with E-state index in [0.29, 0.717) is 43.2 Å². The third-order valence-electron chi connectivity index (χ3n) is 7.49. The van der Waals surface area contributed by atoms with Crippen molar-refractivity contribution in [3.8, 4) is 11.3 Å². The largest absolute Gasteiger partial charge is 0.387 e. The molecule has 8 nitrogen and oxygen atoms in total. The molecule has 3 heterocycles. The van der Waals surface area contributed by atoms with Crippen molar-refractivity contribution in [3.05, 3.63) is 70.4 Å². The summed E-state index contributed by atoms with van der Waals surface area (Å²) < 4.78 is 44.7. The van der Waals surface area contributed by atoms with Crippen LogP contribution in [-0.4, -0.2) is 45.2 Å². The van der Waals surface area contributed by atoms with Crippen LogP contribution in [0.5, 0.6) is 0 Å². The van der Waals surface area contributed by atoms with E-state index >= 15 is 0 Å². The predicted octanol–water partition coefficient (Wildman–Crippen LogP) is 4.19. The van der Waals surface area contributed by atoms with Crippen molar-refractivity contribution in [1.29, 1.82) is 0 Å². The molecule has 1 unspecified atom stereocenters. The predicted molar refractivity (Wildman–Crippen MR) is 144 cm³/mol. The van der Waals surface area contributed by atoms with Crippen LogP contribution in [0, 0.1) is 23.4 Å². The monoisotopic (exact) mass is 555 g/mol. The van der Waals surface area contributed by atoms with Gasteiger partial charge in [0.15, 0.2) is 0 Å². The average Bonchev–Trinajstić information content (AvgIpc) is 3.23. The Morgan fingerprint density at radius 2 is 1.85 bits per heavy atom. The Balaban J connectivity index is 1.51. The number of pyridine rings is 2. The molecule has 1 fully saturated rings. The molecule has 5 rings (SSSR count). The first-order valence-corrected chi connectivity index (χ1v) is 13.2. The number of aliphatic hydroxyl groups is 2. The number of nitrogens with one attached hydrogen (secondary N) is 1. The summed E-state index contributed by atoms with van der Waals surface area (Å²) in [6.45, 7) is 6.08. The maximum Gasteiger partial charge on any atom is 0.274 e. The summed E-state index contributed by atoms with van der Waals surface area (Å²) in [5.41, 5.74) is 5.54. The van der Waals surface area contributed by atoms with Gasteiger partial charge in [-0.15, -0.1) is 0 Å². The third kappa shape index (κ3) is 5.28. The lowest BCUT2D eigenvalue weighted by atomic mass is 9.95. The van der Waals surface area contributed by atoms with E-state index in [1.165, 1.54) is 20.0 Å². The van der Waals surface area contributed by atoms with E-state index in [-0.39, 0.29) is 17.3 Å². The zero-order valence-electron chi connectivity index (χ0n) is 22.5. The molecule has 1 amide bonds. The number of amides is 1. The zero-order valence-corrected chi connectivity index (χ0v) is 22.5. The van der Waals surface area contributed by atoms with Gasteiger partial charge in [0, 0.05) is 24.7 Å². The fourth-order valence-corrected chi connectivity index (χ4v) is 5.63. The van der Waals surface area contributed by atoms with Crippen molar-refractivity contribution >= 4 is 17.3 Å². The summed E-state index contributed by atoms with van der Waals surface area (Å²) in [5.74, 6) is -3.70. The molecule has 1 aliphatic carbocycles. The van der Waals surface area contributed by atoms with Crippen LogP contribution in [0.3, 0.4) is 0 Å². The highest BCUT2D eigenvalue weighted by atomic mass is 19.1. The number of benzene rings is 1. The Morgan fingerprint density at radius 1 is 1.15 bits per heavy atom. The number of carbonyl (C=O) groups excluding carboxylic acids is 1. The van der Waals surface area contributed by atoms with Crippen LogP contribution >= 0.6 is 0 Å². The number of piperidine rings is 1. The molecule has 40 heavy (non-hydrogen) atoms. The van der Waals surface area contributed by atoms with Crippen LogP contribution in [0.15, 0.2) is 30.5 Å². The second-order valence-electron chi connectivity index (χ2n) is 11.3. The smallest absolute Gasteiger partial charge is 0.274 e. The standard InChI is InChI=1S/C29H32F3N5O3/c1-14-8-16(33)13-37(12-14)27-17-4-7-23(38)25(17)34-11-22(27)36-28(39)21-6-5-18(30)26(35-21)24-19(31)9-15(10-20(24)32)29(2,3)40/h5-6,9-11,14,16,23,38,40H,4,7-8,12-13,33H2,1-3H3,(H,36,39)/t14-,16+,23?/m1/s1. The van der Waals surface area contributed by atoms with Crippen molar-refractivity contribution in [3.63, 3.8) is 0 Å². The van der Waals surface area contributed by atoms with Crippen LogP contribution in [0.2, 0.25) is 0 Å². The summed E-state index contributed by atoms with van der Waals surface area (Å²) in [4.78, 5) is 23.8. The SMILES string of the molecule is C[C@@H]1C[C@H](N)CN(c2c(NC(=O)c3ccc(F)c(-c4c(F)cc(C(C)(C)O)cc4F)n3)cnc3c2CCC3O)C1. The van der Waals surface area contributed by atoms with Crippen LogP contribution in [0.1, 0.15) is 67.0 Å². The minimum Gasteiger partial charge on any atom is -0.387 e. The number of hydrogen-bond acceptors (Lipinski definition) is 7. The Bertz CT molecular complexity index is 1440. The first kappa shape index (κ1) is 28.0. The maximum absolute atomic E-state index is 15.0. The summed E-state index contributed by atoms with van der Waals surface area (Å²) in [6, 6.07) is 3.79. The van der Waals surface area contributed by atoms with Crippen LogP contribution in [0.4, 0.5) is 24.5 Å². The molecule has 0 radical (unpaired) electrons. The van der Waals surface area contributed by atoms with Crippen LogP contribution in [0.25, 0.3) is 11.3 Å². The van der Waals surface area contributed by atoms with Crippen molar-refractivity contribution in [1.82, 2.24) is 9.97 Å². The zero-order chi connectivity index (χ0) is 28.9. The second-order valence-corrected chi connectivity index (χ2v) is 11.3. The van der Waals surface area contributed by atoms with Crippen molar-refractivity contribution in [2.45, 2.75) is 57.8 Å². The summed E-state index contributed by atoms with van der Waals surface area (Å²) >= 11 is 0. The van der Waals surface area contributed by atoms with E-state index in [1.807, 2.05) is 0 Å². The fraction of sp³-hybridized carbons (Fsp3) is 0.414. The van der Waals surface area contributed by atoms with Gasteiger partial charge in [0.05, 0.1) is 40.5 Å². The number of anilines is 2. The quantitative estimate of drug-likeness (QED) is 0.372. The number of nitrogens with two attached hydrogens (primary N) is 1. The molecule has 3 atom stereocenters. The molecular formula is C29H32F3N5O3. The van der Waals surface area contributed by atoms with Gasteiger partial charge in [-0.2, -0.15) is 0 Å². The number of rotatable bonds is 5. The molecule has 1 aromatic carbocycles. The van der Waals surface area contributed by atoms with Crippen molar-refractivity contribution < 1.29 is 28.2 Å². The number of nitrogens with zero attached hydrogens (tertiary/aromatic N) is 3.